The van der Waals surface area contributed by atoms with Crippen molar-refractivity contribution in [3.8, 4) is 0 Å². The molecule has 6 heteroatoms. The van der Waals surface area contributed by atoms with Crippen LogP contribution in [0.4, 0.5) is 0 Å². The topological polar surface area (TPSA) is 62.8 Å². The van der Waals surface area contributed by atoms with Crippen molar-refractivity contribution in [2.75, 3.05) is 32.8 Å². The molecule has 0 radical (unpaired) electrons. The second-order valence-corrected chi connectivity index (χ2v) is 7.07. The number of carbonyl (C=O) groups is 1. The van der Waals surface area contributed by atoms with Crippen LogP contribution >= 0.6 is 0 Å². The number of amides is 1. The van der Waals surface area contributed by atoms with Gasteiger partial charge in [-0.15, -0.1) is 0 Å². The number of hydrogen-bond donors (Lipinski definition) is 2. The molecule has 2 saturated heterocycles. The Morgan fingerprint density at radius 3 is 2.52 bits per heavy atom. The summed E-state index contributed by atoms with van der Waals surface area (Å²) in [6, 6.07) is 8.24. The Kier molecular flexibility index (Phi) is 6.42. The first kappa shape index (κ1) is 18.3. The molecule has 2 fully saturated rings. The normalized spacial score (nSPS) is 27.8. The zero-order valence-electron chi connectivity index (χ0n) is 15.2. The predicted molar refractivity (Wildman–Crippen MR) is 96.2 cm³/mol. The zero-order chi connectivity index (χ0) is 17.6. The quantitative estimate of drug-likeness (QED) is 0.829. The number of rotatable bonds is 5. The minimum atomic E-state index is -0.238. The molecule has 1 amide bonds. The van der Waals surface area contributed by atoms with Crippen molar-refractivity contribution < 1.29 is 14.3 Å². The molecule has 0 aromatic heterocycles. The second-order valence-electron chi connectivity index (χ2n) is 7.07. The molecule has 0 bridgehead atoms. The average molecular weight is 347 g/mol. The summed E-state index contributed by atoms with van der Waals surface area (Å²) in [4.78, 5) is 14.5. The van der Waals surface area contributed by atoms with Gasteiger partial charge in [-0.2, -0.15) is 0 Å². The highest BCUT2D eigenvalue weighted by atomic mass is 16.5. The van der Waals surface area contributed by atoms with Gasteiger partial charge < -0.3 is 20.1 Å². The lowest BCUT2D eigenvalue weighted by atomic mass is 10.1. The van der Waals surface area contributed by atoms with E-state index in [2.05, 4.69) is 53.6 Å². The van der Waals surface area contributed by atoms with Crippen LogP contribution < -0.4 is 10.6 Å². The van der Waals surface area contributed by atoms with Gasteiger partial charge in [0.15, 0.2) is 0 Å². The summed E-state index contributed by atoms with van der Waals surface area (Å²) in [5.74, 6) is 0.0000634. The molecule has 2 heterocycles. The summed E-state index contributed by atoms with van der Waals surface area (Å²) in [5.41, 5.74) is 2.40. The van der Waals surface area contributed by atoms with Gasteiger partial charge in [-0.3, -0.25) is 9.69 Å². The standard InChI is InChI=1S/C19H29N3O3/c1-14-10-22(11-15(2)25-14)12-17-5-3-16(4-6-17)9-21-19(23)18-13-24-8-7-20-18/h3-6,14-15,18,20H,7-13H2,1-2H3,(H,21,23). The third-order valence-electron chi connectivity index (χ3n) is 4.63. The number of ether oxygens (including phenoxy) is 2. The fraction of sp³-hybridized carbons (Fsp3) is 0.632. The van der Waals surface area contributed by atoms with Crippen molar-refractivity contribution in [3.05, 3.63) is 35.4 Å². The van der Waals surface area contributed by atoms with E-state index in [1.54, 1.807) is 0 Å². The third kappa shape index (κ3) is 5.51. The molecule has 0 saturated carbocycles. The minimum Gasteiger partial charge on any atom is -0.378 e. The van der Waals surface area contributed by atoms with Crippen molar-refractivity contribution in [1.82, 2.24) is 15.5 Å². The number of benzene rings is 1. The van der Waals surface area contributed by atoms with Gasteiger partial charge in [-0.1, -0.05) is 24.3 Å². The van der Waals surface area contributed by atoms with Gasteiger partial charge in [-0.05, 0) is 25.0 Å². The van der Waals surface area contributed by atoms with Crippen LogP contribution in [0.25, 0.3) is 0 Å². The second kappa shape index (κ2) is 8.76. The molecule has 0 spiro atoms. The summed E-state index contributed by atoms with van der Waals surface area (Å²) in [6.07, 6.45) is 0.575. The summed E-state index contributed by atoms with van der Waals surface area (Å²) in [6.45, 7) is 9.52. The maximum atomic E-state index is 12.1. The first-order chi connectivity index (χ1) is 12.1. The van der Waals surface area contributed by atoms with Crippen LogP contribution in [0.3, 0.4) is 0 Å². The van der Waals surface area contributed by atoms with E-state index in [1.807, 2.05) is 0 Å². The molecule has 3 unspecified atom stereocenters. The third-order valence-corrected chi connectivity index (χ3v) is 4.63. The fourth-order valence-electron chi connectivity index (χ4n) is 3.48. The smallest absolute Gasteiger partial charge is 0.239 e. The van der Waals surface area contributed by atoms with Crippen molar-refractivity contribution >= 4 is 5.91 Å². The van der Waals surface area contributed by atoms with E-state index in [1.165, 1.54) is 5.56 Å². The highest BCUT2D eigenvalue weighted by Gasteiger charge is 2.22. The van der Waals surface area contributed by atoms with Gasteiger partial charge in [0, 0.05) is 32.7 Å². The largest absolute Gasteiger partial charge is 0.378 e. The minimum absolute atomic E-state index is 0.0000634. The Labute approximate surface area is 149 Å². The summed E-state index contributed by atoms with van der Waals surface area (Å²) in [5, 5.41) is 6.14. The lowest BCUT2D eigenvalue weighted by Crippen LogP contribution is -2.51. The first-order valence-corrected chi connectivity index (χ1v) is 9.14. The number of hydrogen-bond acceptors (Lipinski definition) is 5. The van der Waals surface area contributed by atoms with E-state index in [-0.39, 0.29) is 24.2 Å². The number of morpholine rings is 2. The van der Waals surface area contributed by atoms with E-state index >= 15 is 0 Å². The van der Waals surface area contributed by atoms with E-state index in [9.17, 15) is 4.79 Å². The average Bonchev–Trinajstić information content (AvgIpc) is 2.61. The molecule has 138 valence electrons. The summed E-state index contributed by atoms with van der Waals surface area (Å²) < 4.78 is 11.1. The Morgan fingerprint density at radius 1 is 1.20 bits per heavy atom. The van der Waals surface area contributed by atoms with Crippen molar-refractivity contribution in [2.24, 2.45) is 0 Å². The highest BCUT2D eigenvalue weighted by Crippen LogP contribution is 2.14. The molecule has 0 aliphatic carbocycles. The molecule has 25 heavy (non-hydrogen) atoms. The van der Waals surface area contributed by atoms with E-state index in [4.69, 9.17) is 9.47 Å². The molecule has 2 N–H and O–H groups in total. The Balaban J connectivity index is 1.46. The van der Waals surface area contributed by atoms with Gasteiger partial charge in [0.2, 0.25) is 5.91 Å². The van der Waals surface area contributed by atoms with Crippen molar-refractivity contribution in [1.29, 1.82) is 0 Å². The van der Waals surface area contributed by atoms with Crippen LogP contribution in [0.1, 0.15) is 25.0 Å². The van der Waals surface area contributed by atoms with E-state index in [0.29, 0.717) is 19.8 Å². The lowest BCUT2D eigenvalue weighted by Gasteiger charge is -2.35. The first-order valence-electron chi connectivity index (χ1n) is 9.14. The number of nitrogens with one attached hydrogen (secondary N) is 2. The summed E-state index contributed by atoms with van der Waals surface area (Å²) >= 11 is 0. The summed E-state index contributed by atoms with van der Waals surface area (Å²) in [7, 11) is 0. The van der Waals surface area contributed by atoms with E-state index < -0.39 is 0 Å². The molecular formula is C19H29N3O3. The molecule has 6 nitrogen and oxygen atoms in total. The monoisotopic (exact) mass is 347 g/mol. The molecule has 3 rings (SSSR count). The zero-order valence-corrected chi connectivity index (χ0v) is 15.2. The van der Waals surface area contributed by atoms with Crippen LogP contribution in [-0.2, 0) is 27.4 Å². The highest BCUT2D eigenvalue weighted by molar-refractivity contribution is 5.81. The molecular weight excluding hydrogens is 318 g/mol. The van der Waals surface area contributed by atoms with E-state index in [0.717, 1.165) is 31.7 Å². The lowest BCUT2D eigenvalue weighted by molar-refractivity contribution is -0.126. The van der Waals surface area contributed by atoms with Crippen molar-refractivity contribution in [2.45, 2.75) is 45.2 Å². The number of carbonyl (C=O) groups excluding carboxylic acids is 1. The molecule has 2 aliphatic rings. The molecule has 1 aromatic carbocycles. The molecule has 1 aromatic rings. The van der Waals surface area contributed by atoms with Crippen LogP contribution in [-0.4, -0.2) is 61.9 Å². The Bertz CT molecular complexity index is 548. The Hall–Kier alpha value is -1.47. The fourth-order valence-corrected chi connectivity index (χ4v) is 3.48. The molecule has 3 atom stereocenters. The van der Waals surface area contributed by atoms with Gasteiger partial charge in [0.25, 0.3) is 0 Å². The Morgan fingerprint density at radius 2 is 1.88 bits per heavy atom. The number of nitrogens with zero attached hydrogens (tertiary/aromatic N) is 1. The maximum absolute atomic E-state index is 12.1. The van der Waals surface area contributed by atoms with Gasteiger partial charge in [0.05, 0.1) is 25.4 Å². The molecule has 2 aliphatic heterocycles. The van der Waals surface area contributed by atoms with Crippen molar-refractivity contribution in [3.63, 3.8) is 0 Å². The van der Waals surface area contributed by atoms with Crippen LogP contribution in [0.5, 0.6) is 0 Å². The van der Waals surface area contributed by atoms with Crippen LogP contribution in [0.15, 0.2) is 24.3 Å². The van der Waals surface area contributed by atoms with Gasteiger partial charge in [0.1, 0.15) is 6.04 Å². The van der Waals surface area contributed by atoms with Crippen LogP contribution in [0.2, 0.25) is 0 Å². The van der Waals surface area contributed by atoms with Gasteiger partial charge >= 0.3 is 0 Å². The van der Waals surface area contributed by atoms with Gasteiger partial charge in [-0.25, -0.2) is 0 Å². The maximum Gasteiger partial charge on any atom is 0.239 e. The predicted octanol–water partition coefficient (Wildman–Crippen LogP) is 0.900. The van der Waals surface area contributed by atoms with Crippen LogP contribution in [0, 0.1) is 0 Å². The SMILES string of the molecule is CC1CN(Cc2ccc(CNC(=O)C3COCCN3)cc2)CC(C)O1.